The lowest BCUT2D eigenvalue weighted by Gasteiger charge is -2.33. The molecule has 2 rings (SSSR count). The van der Waals surface area contributed by atoms with Gasteiger partial charge in [-0.1, -0.05) is 68.2 Å². The smallest absolute Gasteiger partial charge is 0.255 e. The molecule has 0 N–H and O–H groups in total. The molecule has 0 aliphatic carbocycles. The van der Waals surface area contributed by atoms with Crippen molar-refractivity contribution in [3.63, 3.8) is 0 Å². The average Bonchev–Trinajstić information content (AvgIpc) is 2.58. The molecule has 2 aromatic rings. The van der Waals surface area contributed by atoms with Crippen LogP contribution >= 0.6 is 0 Å². The predicted octanol–water partition coefficient (Wildman–Crippen LogP) is 4.89. The quantitative estimate of drug-likeness (QED) is 0.547. The van der Waals surface area contributed by atoms with Gasteiger partial charge in [0.15, 0.2) is 6.29 Å². The highest BCUT2D eigenvalue weighted by Crippen LogP contribution is 2.28. The van der Waals surface area contributed by atoms with Crippen LogP contribution in [0.4, 0.5) is 0 Å². The second kappa shape index (κ2) is 7.79. The third-order valence-electron chi connectivity index (χ3n) is 4.05. The second-order valence-electron chi connectivity index (χ2n) is 7.84. The summed E-state index contributed by atoms with van der Waals surface area (Å²) in [6, 6.07) is 15.3. The van der Waals surface area contributed by atoms with E-state index in [0.717, 1.165) is 23.6 Å². The fraction of sp³-hybridized carbons (Fsp3) is 0.333. The van der Waals surface area contributed by atoms with E-state index in [1.165, 1.54) is 0 Å². The van der Waals surface area contributed by atoms with Crippen LogP contribution in [-0.4, -0.2) is 37.4 Å². The second-order valence-corrected chi connectivity index (χ2v) is 13.3. The number of benzene rings is 2. The first-order chi connectivity index (χ1) is 11.7. The van der Waals surface area contributed by atoms with Crippen LogP contribution in [0.15, 0.2) is 48.5 Å². The fourth-order valence-electron chi connectivity index (χ4n) is 2.91. The summed E-state index contributed by atoms with van der Waals surface area (Å²) >= 11 is 0. The van der Waals surface area contributed by atoms with E-state index in [2.05, 4.69) is 19.6 Å². The summed E-state index contributed by atoms with van der Waals surface area (Å²) in [4.78, 5) is 27.0. The van der Waals surface area contributed by atoms with Crippen molar-refractivity contribution in [2.75, 3.05) is 6.17 Å². The number of nitrogens with zero attached hydrogens (tertiary/aromatic N) is 1. The first-order valence-corrected chi connectivity index (χ1v) is 12.4. The zero-order valence-electron chi connectivity index (χ0n) is 15.7. The molecule has 0 aliphatic heterocycles. The molecular formula is C21H27NO2Si. The highest BCUT2D eigenvalue weighted by atomic mass is 28.3. The molecule has 0 heterocycles. The van der Waals surface area contributed by atoms with E-state index >= 15 is 0 Å². The molecule has 2 aromatic carbocycles. The van der Waals surface area contributed by atoms with Gasteiger partial charge in [-0.2, -0.15) is 0 Å². The molecule has 0 unspecified atom stereocenters. The van der Waals surface area contributed by atoms with Crippen molar-refractivity contribution < 1.29 is 9.59 Å². The van der Waals surface area contributed by atoms with Gasteiger partial charge in [0.05, 0.1) is 13.6 Å². The lowest BCUT2D eigenvalue weighted by atomic mass is 9.94. The molecule has 0 spiro atoms. The third kappa shape index (κ3) is 4.66. The summed E-state index contributed by atoms with van der Waals surface area (Å²) in [6.07, 6.45) is 1.55. The molecule has 0 saturated heterocycles. The Morgan fingerprint density at radius 3 is 2.20 bits per heavy atom. The highest BCUT2D eigenvalue weighted by Gasteiger charge is 2.28. The first kappa shape index (κ1) is 19.1. The van der Waals surface area contributed by atoms with Crippen molar-refractivity contribution in [1.29, 1.82) is 0 Å². The third-order valence-corrected chi connectivity index (χ3v) is 5.34. The van der Waals surface area contributed by atoms with Crippen LogP contribution in [-0.2, 0) is 0 Å². The Kier molecular flexibility index (Phi) is 5.96. The minimum absolute atomic E-state index is 0.0565. The molecule has 0 radical (unpaired) electrons. The summed E-state index contributed by atoms with van der Waals surface area (Å²) in [7, 11) is -1.49. The molecule has 0 saturated carbocycles. The first-order valence-electron chi connectivity index (χ1n) is 8.69. The number of carbonyl (C=O) groups is 2. The molecule has 0 atom stereocenters. The maximum Gasteiger partial charge on any atom is 0.255 e. The normalized spacial score (nSPS) is 11.4. The zero-order chi connectivity index (χ0) is 18.6. The maximum absolute atomic E-state index is 13.4. The van der Waals surface area contributed by atoms with Gasteiger partial charge in [0, 0.05) is 17.8 Å². The summed E-state index contributed by atoms with van der Waals surface area (Å²) in [5.41, 5.74) is 2.73. The molecule has 25 heavy (non-hydrogen) atoms. The van der Waals surface area contributed by atoms with E-state index in [-0.39, 0.29) is 11.9 Å². The molecule has 132 valence electrons. The van der Waals surface area contributed by atoms with Gasteiger partial charge in [-0.25, -0.2) is 0 Å². The standard InChI is InChI=1S/C21H27NO2Si/c1-16(2)22(15-25(3,4)5)21(24)20-18(14-23)12-9-13-19(20)17-10-7-6-8-11-17/h6-14,16H,15H2,1-5H3. The number of hydrogen-bond donors (Lipinski definition) is 0. The minimum atomic E-state index is -1.49. The highest BCUT2D eigenvalue weighted by molar-refractivity contribution is 6.76. The number of rotatable bonds is 6. The Morgan fingerprint density at radius 1 is 1.04 bits per heavy atom. The molecule has 3 nitrogen and oxygen atoms in total. The van der Waals surface area contributed by atoms with Crippen LogP contribution in [0.5, 0.6) is 0 Å². The van der Waals surface area contributed by atoms with Gasteiger partial charge >= 0.3 is 0 Å². The lowest BCUT2D eigenvalue weighted by Crippen LogP contribution is -2.47. The zero-order valence-corrected chi connectivity index (χ0v) is 16.7. The summed E-state index contributed by atoms with van der Waals surface area (Å²) in [5, 5.41) is 0. The Labute approximate surface area is 151 Å². The number of hydrogen-bond acceptors (Lipinski definition) is 2. The molecular weight excluding hydrogens is 326 g/mol. The Hall–Kier alpha value is -2.20. The van der Waals surface area contributed by atoms with Crippen LogP contribution in [0.2, 0.25) is 19.6 Å². The van der Waals surface area contributed by atoms with Crippen LogP contribution in [0, 0.1) is 0 Å². The van der Waals surface area contributed by atoms with Crippen LogP contribution in [0.1, 0.15) is 34.6 Å². The minimum Gasteiger partial charge on any atom is -0.339 e. The molecule has 0 fully saturated rings. The number of aldehydes is 1. The summed E-state index contributed by atoms with van der Waals surface area (Å²) in [6.45, 7) is 10.8. The number of amides is 1. The fourth-order valence-corrected chi connectivity index (χ4v) is 4.44. The van der Waals surface area contributed by atoms with Gasteiger partial charge in [0.1, 0.15) is 0 Å². The molecule has 0 bridgehead atoms. The summed E-state index contributed by atoms with van der Waals surface area (Å²) in [5.74, 6) is -0.0565. The van der Waals surface area contributed by atoms with Gasteiger partial charge in [-0.15, -0.1) is 0 Å². The van der Waals surface area contributed by atoms with E-state index in [4.69, 9.17) is 0 Å². The van der Waals surface area contributed by atoms with E-state index in [9.17, 15) is 9.59 Å². The Balaban J connectivity index is 2.59. The van der Waals surface area contributed by atoms with E-state index in [1.807, 2.05) is 61.2 Å². The van der Waals surface area contributed by atoms with E-state index in [0.29, 0.717) is 11.1 Å². The molecule has 0 aromatic heterocycles. The SMILES string of the molecule is CC(C)N(C[Si](C)(C)C)C(=O)c1c(C=O)cccc1-c1ccccc1. The largest absolute Gasteiger partial charge is 0.339 e. The van der Waals surface area contributed by atoms with Gasteiger partial charge < -0.3 is 4.90 Å². The predicted molar refractivity (Wildman–Crippen MR) is 107 cm³/mol. The van der Waals surface area contributed by atoms with Gasteiger partial charge in [-0.3, -0.25) is 9.59 Å². The van der Waals surface area contributed by atoms with Crippen LogP contribution < -0.4 is 0 Å². The number of carbonyl (C=O) groups excluding carboxylic acids is 2. The molecule has 0 aliphatic rings. The van der Waals surface area contributed by atoms with Crippen molar-refractivity contribution in [1.82, 2.24) is 4.90 Å². The van der Waals surface area contributed by atoms with Gasteiger partial charge in [0.2, 0.25) is 0 Å². The summed E-state index contributed by atoms with van der Waals surface area (Å²) < 4.78 is 0. The topological polar surface area (TPSA) is 37.4 Å². The van der Waals surface area contributed by atoms with E-state index in [1.54, 1.807) is 6.07 Å². The molecule has 4 heteroatoms. The lowest BCUT2D eigenvalue weighted by molar-refractivity contribution is 0.0734. The van der Waals surface area contributed by atoms with Gasteiger partial charge in [-0.05, 0) is 25.0 Å². The maximum atomic E-state index is 13.4. The monoisotopic (exact) mass is 353 g/mol. The van der Waals surface area contributed by atoms with Crippen molar-refractivity contribution >= 4 is 20.3 Å². The van der Waals surface area contributed by atoms with Crippen molar-refractivity contribution in [3.05, 3.63) is 59.7 Å². The van der Waals surface area contributed by atoms with Gasteiger partial charge in [0.25, 0.3) is 5.91 Å². The Bertz CT molecular complexity index is 748. The van der Waals surface area contributed by atoms with Crippen molar-refractivity contribution in [2.45, 2.75) is 39.5 Å². The molecule has 1 amide bonds. The van der Waals surface area contributed by atoms with Crippen LogP contribution in [0.3, 0.4) is 0 Å². The van der Waals surface area contributed by atoms with E-state index < -0.39 is 8.07 Å². The average molecular weight is 354 g/mol. The Morgan fingerprint density at radius 2 is 1.68 bits per heavy atom. The van der Waals surface area contributed by atoms with Crippen LogP contribution in [0.25, 0.3) is 11.1 Å². The van der Waals surface area contributed by atoms with Crippen molar-refractivity contribution in [3.8, 4) is 11.1 Å². The van der Waals surface area contributed by atoms with Crippen molar-refractivity contribution in [2.24, 2.45) is 0 Å².